The summed E-state index contributed by atoms with van der Waals surface area (Å²) in [6.07, 6.45) is 1.09. The van der Waals surface area contributed by atoms with E-state index in [-0.39, 0.29) is 0 Å². The molecule has 0 unspecified atom stereocenters. The lowest BCUT2D eigenvalue weighted by molar-refractivity contribution is 0.636. The van der Waals surface area contributed by atoms with Crippen molar-refractivity contribution in [2.24, 2.45) is 0 Å². The van der Waals surface area contributed by atoms with Crippen molar-refractivity contribution in [1.82, 2.24) is 14.7 Å². The van der Waals surface area contributed by atoms with E-state index in [0.717, 1.165) is 34.6 Å². The van der Waals surface area contributed by atoms with Crippen LogP contribution in [0.25, 0.3) is 16.2 Å². The summed E-state index contributed by atoms with van der Waals surface area (Å²) in [4.78, 5) is 7.41. The molecule has 5 heteroatoms. The Hall–Kier alpha value is -1.17. The molecule has 1 N–H and O–H groups in total. The van der Waals surface area contributed by atoms with Crippen LogP contribution in [-0.4, -0.2) is 15.9 Å². The van der Waals surface area contributed by atoms with Gasteiger partial charge in [-0.3, -0.25) is 4.40 Å². The molecule has 0 aliphatic carbocycles. The number of fused-ring (bicyclic) bond motifs is 3. The number of aryl methyl sites for hydroxylation is 1. The van der Waals surface area contributed by atoms with E-state index >= 15 is 0 Å². The lowest BCUT2D eigenvalue weighted by atomic mass is 10.1. The van der Waals surface area contributed by atoms with Crippen LogP contribution in [0.5, 0.6) is 0 Å². The molecule has 20 heavy (non-hydrogen) atoms. The van der Waals surface area contributed by atoms with Crippen LogP contribution in [0, 0.1) is 6.92 Å². The highest BCUT2D eigenvalue weighted by Crippen LogP contribution is 2.32. The van der Waals surface area contributed by atoms with Crippen LogP contribution >= 0.6 is 27.3 Å². The van der Waals surface area contributed by atoms with Gasteiger partial charge in [0.25, 0.3) is 0 Å². The average Bonchev–Trinajstić information content (AvgIpc) is 2.97. The standard InChI is InChI=1S/C15H14BrN3S/c1-9-14(10-2-4-11(16)5-3-10)18-15-19(9)12-6-7-17-8-13(12)20-15/h2-5,17H,6-8H2,1H3. The second kappa shape index (κ2) is 4.69. The molecule has 3 heterocycles. The Morgan fingerprint density at radius 3 is 2.90 bits per heavy atom. The number of hydrogen-bond donors (Lipinski definition) is 1. The fourth-order valence-corrected chi connectivity index (χ4v) is 4.28. The van der Waals surface area contributed by atoms with E-state index < -0.39 is 0 Å². The van der Waals surface area contributed by atoms with E-state index in [2.05, 4.69) is 56.8 Å². The lowest BCUT2D eigenvalue weighted by Gasteiger charge is -2.13. The van der Waals surface area contributed by atoms with Crippen molar-refractivity contribution >= 4 is 32.2 Å². The SMILES string of the molecule is Cc1c(-c2ccc(Br)cc2)nc2sc3c(n12)CCNC3. The van der Waals surface area contributed by atoms with Gasteiger partial charge in [-0.1, -0.05) is 39.4 Å². The minimum absolute atomic E-state index is 0.983. The van der Waals surface area contributed by atoms with Crippen molar-refractivity contribution in [3.63, 3.8) is 0 Å². The van der Waals surface area contributed by atoms with Gasteiger partial charge in [-0.05, 0) is 19.1 Å². The molecule has 1 aliphatic heterocycles. The van der Waals surface area contributed by atoms with Crippen molar-refractivity contribution in [3.05, 3.63) is 45.0 Å². The molecule has 0 saturated heterocycles. The summed E-state index contributed by atoms with van der Waals surface area (Å²) in [5.41, 5.74) is 4.98. The Labute approximate surface area is 129 Å². The van der Waals surface area contributed by atoms with Crippen LogP contribution in [0.3, 0.4) is 0 Å². The number of thiazole rings is 1. The van der Waals surface area contributed by atoms with Gasteiger partial charge < -0.3 is 5.32 Å². The van der Waals surface area contributed by atoms with Crippen LogP contribution in [0.1, 0.15) is 16.3 Å². The number of aromatic nitrogens is 2. The minimum atomic E-state index is 0.983. The zero-order chi connectivity index (χ0) is 13.7. The van der Waals surface area contributed by atoms with Crippen molar-refractivity contribution < 1.29 is 0 Å². The molecule has 0 amide bonds. The second-order valence-corrected chi connectivity index (χ2v) is 7.05. The van der Waals surface area contributed by atoms with Crippen LogP contribution in [0.2, 0.25) is 0 Å². The van der Waals surface area contributed by atoms with Gasteiger partial charge in [0, 0.05) is 45.8 Å². The van der Waals surface area contributed by atoms with Crippen LogP contribution < -0.4 is 5.32 Å². The Bertz CT molecular complexity index is 786. The molecule has 102 valence electrons. The van der Waals surface area contributed by atoms with Crippen LogP contribution in [0.15, 0.2) is 28.7 Å². The van der Waals surface area contributed by atoms with E-state index in [9.17, 15) is 0 Å². The first-order valence-electron chi connectivity index (χ1n) is 6.70. The Balaban J connectivity index is 1.91. The zero-order valence-electron chi connectivity index (χ0n) is 11.1. The smallest absolute Gasteiger partial charge is 0.194 e. The van der Waals surface area contributed by atoms with Gasteiger partial charge in [-0.25, -0.2) is 4.98 Å². The summed E-state index contributed by atoms with van der Waals surface area (Å²) < 4.78 is 3.45. The minimum Gasteiger partial charge on any atom is -0.311 e. The fourth-order valence-electron chi connectivity index (χ4n) is 2.84. The normalized spacial score (nSPS) is 14.7. The molecule has 4 rings (SSSR count). The second-order valence-electron chi connectivity index (χ2n) is 5.07. The predicted octanol–water partition coefficient (Wildman–Crippen LogP) is 3.78. The Morgan fingerprint density at radius 1 is 1.30 bits per heavy atom. The maximum atomic E-state index is 4.86. The van der Waals surface area contributed by atoms with Crippen molar-refractivity contribution in [3.8, 4) is 11.3 Å². The van der Waals surface area contributed by atoms with E-state index in [4.69, 9.17) is 4.98 Å². The number of benzene rings is 1. The molecule has 0 atom stereocenters. The summed E-state index contributed by atoms with van der Waals surface area (Å²) >= 11 is 5.30. The van der Waals surface area contributed by atoms with Gasteiger partial charge in [0.2, 0.25) is 0 Å². The summed E-state index contributed by atoms with van der Waals surface area (Å²) in [7, 11) is 0. The summed E-state index contributed by atoms with van der Waals surface area (Å²) in [6.45, 7) is 4.22. The molecule has 1 aliphatic rings. The van der Waals surface area contributed by atoms with E-state index in [1.165, 1.54) is 21.8 Å². The number of halogens is 1. The van der Waals surface area contributed by atoms with Gasteiger partial charge in [-0.15, -0.1) is 0 Å². The number of nitrogens with zero attached hydrogens (tertiary/aromatic N) is 2. The molecule has 1 aromatic carbocycles. The number of rotatable bonds is 1. The zero-order valence-corrected chi connectivity index (χ0v) is 13.5. The Kier molecular flexibility index (Phi) is 2.94. The molecular weight excluding hydrogens is 334 g/mol. The predicted molar refractivity (Wildman–Crippen MR) is 86.4 cm³/mol. The molecule has 3 nitrogen and oxygen atoms in total. The average molecular weight is 348 g/mol. The van der Waals surface area contributed by atoms with Gasteiger partial charge in [-0.2, -0.15) is 0 Å². The lowest BCUT2D eigenvalue weighted by Crippen LogP contribution is -2.23. The third kappa shape index (κ3) is 1.84. The Morgan fingerprint density at radius 2 is 2.10 bits per heavy atom. The maximum Gasteiger partial charge on any atom is 0.194 e. The first-order chi connectivity index (χ1) is 9.74. The monoisotopic (exact) mass is 347 g/mol. The summed E-state index contributed by atoms with van der Waals surface area (Å²) in [6, 6.07) is 8.39. The first-order valence-corrected chi connectivity index (χ1v) is 8.31. The van der Waals surface area contributed by atoms with E-state index in [0.29, 0.717) is 0 Å². The van der Waals surface area contributed by atoms with Crippen LogP contribution in [0.4, 0.5) is 0 Å². The summed E-state index contributed by atoms with van der Waals surface area (Å²) in [5, 5.41) is 3.43. The van der Waals surface area contributed by atoms with Gasteiger partial charge in [0.15, 0.2) is 4.96 Å². The van der Waals surface area contributed by atoms with Crippen molar-refractivity contribution in [2.75, 3.05) is 6.54 Å². The third-order valence-corrected chi connectivity index (χ3v) is 5.44. The largest absolute Gasteiger partial charge is 0.311 e. The van der Waals surface area contributed by atoms with Gasteiger partial charge >= 0.3 is 0 Å². The maximum absolute atomic E-state index is 4.86. The number of hydrogen-bond acceptors (Lipinski definition) is 3. The number of nitrogens with one attached hydrogen (secondary N) is 1. The van der Waals surface area contributed by atoms with Gasteiger partial charge in [0.05, 0.1) is 5.69 Å². The highest BCUT2D eigenvalue weighted by molar-refractivity contribution is 9.10. The quantitative estimate of drug-likeness (QED) is 0.725. The molecule has 0 saturated carbocycles. The number of imidazole rings is 1. The molecule has 0 spiro atoms. The first kappa shape index (κ1) is 12.6. The van der Waals surface area contributed by atoms with Crippen molar-refractivity contribution in [2.45, 2.75) is 19.9 Å². The molecule has 3 aromatic rings. The highest BCUT2D eigenvalue weighted by Gasteiger charge is 2.20. The van der Waals surface area contributed by atoms with Gasteiger partial charge in [0.1, 0.15) is 0 Å². The van der Waals surface area contributed by atoms with Crippen molar-refractivity contribution in [1.29, 1.82) is 0 Å². The van der Waals surface area contributed by atoms with Crippen LogP contribution in [-0.2, 0) is 13.0 Å². The molecule has 0 radical (unpaired) electrons. The molecule has 0 bridgehead atoms. The molecule has 0 fully saturated rings. The summed E-state index contributed by atoms with van der Waals surface area (Å²) in [5.74, 6) is 0. The molecule has 2 aromatic heterocycles. The fraction of sp³-hybridized carbons (Fsp3) is 0.267. The van der Waals surface area contributed by atoms with E-state index in [1.54, 1.807) is 0 Å². The highest BCUT2D eigenvalue weighted by atomic mass is 79.9. The third-order valence-electron chi connectivity index (χ3n) is 3.82. The van der Waals surface area contributed by atoms with E-state index in [1.807, 2.05) is 11.3 Å². The topological polar surface area (TPSA) is 29.3 Å². The molecular formula is C15H14BrN3S.